The van der Waals surface area contributed by atoms with Crippen LogP contribution in [-0.2, 0) is 14.0 Å². The number of hydrogen-bond acceptors (Lipinski definition) is 6. The predicted molar refractivity (Wildman–Crippen MR) is 68.9 cm³/mol. The lowest BCUT2D eigenvalue weighted by Gasteiger charge is -2.20. The molecule has 0 aromatic carbocycles. The van der Waals surface area contributed by atoms with E-state index in [1.807, 2.05) is 13.2 Å². The zero-order chi connectivity index (χ0) is 11.1. The summed E-state index contributed by atoms with van der Waals surface area (Å²) in [6, 6.07) is 0. The van der Waals surface area contributed by atoms with Crippen LogP contribution in [0.3, 0.4) is 0 Å². The highest BCUT2D eigenvalue weighted by Crippen LogP contribution is 2.13. The van der Waals surface area contributed by atoms with Gasteiger partial charge in [0.15, 0.2) is 0 Å². The molecule has 0 aliphatic carbocycles. The maximum atomic E-state index is 5.44. The summed E-state index contributed by atoms with van der Waals surface area (Å²) in [6.45, 7) is 5.53. The predicted octanol–water partition coefficient (Wildman–Crippen LogP) is 2.28. The van der Waals surface area contributed by atoms with Crippen LogP contribution in [0.15, 0.2) is 0 Å². The van der Waals surface area contributed by atoms with Crippen molar-refractivity contribution in [3.8, 4) is 0 Å². The number of thioether (sulfide) groups is 1. The average molecular weight is 256 g/mol. The van der Waals surface area contributed by atoms with E-state index in [2.05, 4.69) is 25.3 Å². The molecule has 3 nitrogen and oxygen atoms in total. The topological polar surface area (TPSA) is 27.7 Å². The van der Waals surface area contributed by atoms with Crippen LogP contribution < -0.4 is 0 Å². The fraction of sp³-hybridized carbons (Fsp3) is 1.00. The van der Waals surface area contributed by atoms with Gasteiger partial charge in [0.1, 0.15) is 0 Å². The molecule has 7 heteroatoms. The molecular weight excluding hydrogens is 239 g/mol. The standard InChI is InChI=1S/C7H17BO3S3/c1-5(12)9-8(10-6(2)13)11-7(3)14-4/h5-7,12-13H,1-4H3. The Balaban J connectivity index is 3.96. The molecule has 0 fully saturated rings. The van der Waals surface area contributed by atoms with Crippen molar-refractivity contribution < 1.29 is 14.0 Å². The van der Waals surface area contributed by atoms with Crippen molar-refractivity contribution in [1.82, 2.24) is 0 Å². The largest absolute Gasteiger partial charge is 0.641 e. The van der Waals surface area contributed by atoms with Gasteiger partial charge in [-0.25, -0.2) is 0 Å². The van der Waals surface area contributed by atoms with E-state index in [0.29, 0.717) is 0 Å². The second kappa shape index (κ2) is 8.18. The van der Waals surface area contributed by atoms with Crippen LogP contribution in [0.5, 0.6) is 0 Å². The van der Waals surface area contributed by atoms with Crippen LogP contribution in [-0.4, -0.2) is 29.9 Å². The first-order chi connectivity index (χ1) is 6.45. The molecule has 0 rings (SSSR count). The lowest BCUT2D eigenvalue weighted by atomic mass is 10.2. The Bertz CT molecular complexity index is 138. The Labute approximate surface area is 102 Å². The molecule has 0 bridgehead atoms. The molecule has 0 aliphatic rings. The van der Waals surface area contributed by atoms with Crippen LogP contribution >= 0.6 is 37.0 Å². The average Bonchev–Trinajstić information content (AvgIpc) is 2.01. The number of hydrogen-bond donors (Lipinski definition) is 2. The van der Waals surface area contributed by atoms with E-state index >= 15 is 0 Å². The van der Waals surface area contributed by atoms with Crippen molar-refractivity contribution in [2.75, 3.05) is 6.26 Å². The third-order valence-corrected chi connectivity index (χ3v) is 2.27. The van der Waals surface area contributed by atoms with Crippen LogP contribution in [0.25, 0.3) is 0 Å². The zero-order valence-corrected chi connectivity index (χ0v) is 11.4. The van der Waals surface area contributed by atoms with Crippen molar-refractivity contribution in [3.63, 3.8) is 0 Å². The Morgan fingerprint density at radius 3 is 1.71 bits per heavy atom. The summed E-state index contributed by atoms with van der Waals surface area (Å²) in [5, 5.41) is 0. The third-order valence-electron chi connectivity index (χ3n) is 1.25. The summed E-state index contributed by atoms with van der Waals surface area (Å²) in [7, 11) is -0.711. The van der Waals surface area contributed by atoms with E-state index in [1.54, 1.807) is 25.6 Å². The molecule has 0 saturated carbocycles. The molecule has 0 aliphatic heterocycles. The highest BCUT2D eigenvalue weighted by molar-refractivity contribution is 7.99. The van der Waals surface area contributed by atoms with E-state index in [4.69, 9.17) is 14.0 Å². The molecule has 0 spiro atoms. The minimum absolute atomic E-state index is 0.0131. The van der Waals surface area contributed by atoms with Gasteiger partial charge in [-0.2, -0.15) is 0 Å². The summed E-state index contributed by atoms with van der Waals surface area (Å²) >= 11 is 9.77. The van der Waals surface area contributed by atoms with Gasteiger partial charge in [0.05, 0.1) is 16.3 Å². The van der Waals surface area contributed by atoms with Gasteiger partial charge < -0.3 is 14.0 Å². The van der Waals surface area contributed by atoms with Gasteiger partial charge in [0.25, 0.3) is 0 Å². The molecule has 14 heavy (non-hydrogen) atoms. The minimum atomic E-state index is -0.711. The minimum Gasteiger partial charge on any atom is -0.374 e. The summed E-state index contributed by atoms with van der Waals surface area (Å²) in [5.74, 6) is 0. The van der Waals surface area contributed by atoms with Gasteiger partial charge in [0.2, 0.25) is 0 Å². The Morgan fingerprint density at radius 1 is 1.00 bits per heavy atom. The van der Waals surface area contributed by atoms with E-state index in [1.165, 1.54) is 0 Å². The van der Waals surface area contributed by atoms with Gasteiger partial charge in [0, 0.05) is 0 Å². The summed E-state index contributed by atoms with van der Waals surface area (Å²) in [4.78, 5) is 0. The van der Waals surface area contributed by atoms with E-state index < -0.39 is 7.32 Å². The van der Waals surface area contributed by atoms with Gasteiger partial charge in [-0.15, -0.1) is 37.0 Å². The fourth-order valence-electron chi connectivity index (χ4n) is 0.630. The monoisotopic (exact) mass is 256 g/mol. The Morgan fingerprint density at radius 2 is 1.43 bits per heavy atom. The van der Waals surface area contributed by atoms with E-state index in [-0.39, 0.29) is 16.3 Å². The molecule has 3 unspecified atom stereocenters. The lowest BCUT2D eigenvalue weighted by molar-refractivity contribution is 0.0820. The van der Waals surface area contributed by atoms with Crippen molar-refractivity contribution in [2.45, 2.75) is 37.1 Å². The van der Waals surface area contributed by atoms with Crippen molar-refractivity contribution in [1.29, 1.82) is 0 Å². The van der Waals surface area contributed by atoms with Gasteiger partial charge in [-0.3, -0.25) is 0 Å². The highest BCUT2D eigenvalue weighted by Gasteiger charge is 2.27. The first-order valence-electron chi connectivity index (χ1n) is 4.31. The summed E-state index contributed by atoms with van der Waals surface area (Å²) in [5.41, 5.74) is -0.457. The van der Waals surface area contributed by atoms with Crippen LogP contribution in [0.1, 0.15) is 20.8 Å². The molecule has 0 amide bonds. The Hall–Kier alpha value is 0.995. The fourth-order valence-corrected chi connectivity index (χ4v) is 1.03. The zero-order valence-electron chi connectivity index (χ0n) is 8.84. The molecule has 0 radical (unpaired) electrons. The Kier molecular flexibility index (Phi) is 8.76. The van der Waals surface area contributed by atoms with Crippen LogP contribution in [0.4, 0.5) is 0 Å². The van der Waals surface area contributed by atoms with Gasteiger partial charge >= 0.3 is 7.32 Å². The van der Waals surface area contributed by atoms with Crippen molar-refractivity contribution in [2.24, 2.45) is 0 Å². The molecule has 84 valence electrons. The first-order valence-corrected chi connectivity index (χ1v) is 6.63. The first kappa shape index (κ1) is 15.0. The number of rotatable bonds is 7. The lowest BCUT2D eigenvalue weighted by Crippen LogP contribution is -2.33. The second-order valence-corrected chi connectivity index (χ2v) is 5.29. The van der Waals surface area contributed by atoms with Crippen LogP contribution in [0, 0.1) is 0 Å². The van der Waals surface area contributed by atoms with Crippen molar-refractivity contribution >= 4 is 44.3 Å². The quantitative estimate of drug-likeness (QED) is 0.415. The van der Waals surface area contributed by atoms with Crippen LogP contribution in [0.2, 0.25) is 0 Å². The maximum absolute atomic E-state index is 5.44. The molecule has 0 aromatic rings. The molecule has 0 aromatic heterocycles. The summed E-state index contributed by atoms with van der Waals surface area (Å²) < 4.78 is 16.0. The molecule has 0 saturated heterocycles. The smallest absolute Gasteiger partial charge is 0.374 e. The normalized spacial score (nSPS) is 17.6. The van der Waals surface area contributed by atoms with Gasteiger partial charge in [-0.1, -0.05) is 0 Å². The van der Waals surface area contributed by atoms with E-state index in [9.17, 15) is 0 Å². The number of thiol groups is 2. The van der Waals surface area contributed by atoms with E-state index in [0.717, 1.165) is 0 Å². The highest BCUT2D eigenvalue weighted by atomic mass is 32.2. The SMILES string of the molecule is CSC(C)OB(OC(C)S)OC(C)S. The molecule has 3 atom stereocenters. The maximum Gasteiger partial charge on any atom is 0.641 e. The molecule has 0 heterocycles. The third kappa shape index (κ3) is 8.32. The molecular formula is C7H17BO3S3. The van der Waals surface area contributed by atoms with Crippen molar-refractivity contribution in [3.05, 3.63) is 0 Å². The second-order valence-electron chi connectivity index (χ2n) is 2.70. The summed E-state index contributed by atoms with van der Waals surface area (Å²) in [6.07, 6.45) is 1.95. The molecule has 0 N–H and O–H groups in total. The van der Waals surface area contributed by atoms with Gasteiger partial charge in [-0.05, 0) is 27.0 Å².